The number of nitrogens with zero attached hydrogens (tertiary/aromatic N) is 2. The van der Waals surface area contributed by atoms with Crippen LogP contribution in [0, 0.1) is 5.41 Å². The lowest BCUT2D eigenvalue weighted by molar-refractivity contribution is -0.146. The summed E-state index contributed by atoms with van der Waals surface area (Å²) in [7, 11) is 1.66. The van der Waals surface area contributed by atoms with E-state index in [1.807, 2.05) is 4.90 Å². The summed E-state index contributed by atoms with van der Waals surface area (Å²) in [5.74, 6) is 0.817. The third kappa shape index (κ3) is 3.93. The molecule has 2 amide bonds. The Morgan fingerprint density at radius 2 is 1.92 bits per heavy atom. The Morgan fingerprint density at radius 1 is 1.19 bits per heavy atom. The van der Waals surface area contributed by atoms with Crippen LogP contribution in [0.2, 0.25) is 0 Å². The zero-order valence-corrected chi connectivity index (χ0v) is 16.3. The van der Waals surface area contributed by atoms with Crippen LogP contribution in [0.15, 0.2) is 24.3 Å². The third-order valence-corrected chi connectivity index (χ3v) is 5.92. The van der Waals surface area contributed by atoms with E-state index in [0.717, 1.165) is 32.4 Å². The fourth-order valence-corrected chi connectivity index (χ4v) is 4.29. The number of piperidine rings is 1. The van der Waals surface area contributed by atoms with Gasteiger partial charge < -0.3 is 10.2 Å². The zero-order valence-electron chi connectivity index (χ0n) is 16.3. The standard InChI is InChI=1S/C21H31N3O2/c1-16(2)18-7-5-17(6-8-18)13-24-11-4-9-21(20(24)26)10-12-23(15-21)14-19(25)22-3/h5-8,16H,4,9-15H2,1-3H3,(H,22,25). The molecule has 26 heavy (non-hydrogen) atoms. The van der Waals surface area contributed by atoms with Crippen molar-refractivity contribution >= 4 is 11.8 Å². The van der Waals surface area contributed by atoms with Crippen LogP contribution in [0.5, 0.6) is 0 Å². The second kappa shape index (κ2) is 7.78. The summed E-state index contributed by atoms with van der Waals surface area (Å²) in [5.41, 5.74) is 2.24. The van der Waals surface area contributed by atoms with Gasteiger partial charge in [0, 0.05) is 26.7 Å². The number of carbonyl (C=O) groups is 2. The SMILES string of the molecule is CNC(=O)CN1CCC2(CCCN(Cc3ccc(C(C)C)cc3)C2=O)C1. The first-order valence-electron chi connectivity index (χ1n) is 9.75. The molecule has 1 spiro atoms. The van der Waals surface area contributed by atoms with E-state index in [1.54, 1.807) is 7.05 Å². The fourth-order valence-electron chi connectivity index (χ4n) is 4.29. The summed E-state index contributed by atoms with van der Waals surface area (Å²) >= 11 is 0. The normalized spacial score (nSPS) is 23.8. The summed E-state index contributed by atoms with van der Waals surface area (Å²) in [6, 6.07) is 8.64. The number of rotatable bonds is 5. The van der Waals surface area contributed by atoms with E-state index in [9.17, 15) is 9.59 Å². The molecule has 142 valence electrons. The van der Waals surface area contributed by atoms with Crippen molar-refractivity contribution in [2.45, 2.75) is 45.6 Å². The van der Waals surface area contributed by atoms with Gasteiger partial charge in [-0.05, 0) is 42.9 Å². The van der Waals surface area contributed by atoms with Crippen molar-refractivity contribution in [2.24, 2.45) is 5.41 Å². The highest BCUT2D eigenvalue weighted by atomic mass is 16.2. The van der Waals surface area contributed by atoms with Crippen molar-refractivity contribution in [3.8, 4) is 0 Å². The van der Waals surface area contributed by atoms with Gasteiger partial charge in [-0.15, -0.1) is 0 Å². The van der Waals surface area contributed by atoms with Crippen molar-refractivity contribution in [2.75, 3.05) is 33.2 Å². The number of likely N-dealkylation sites (N-methyl/N-ethyl adjacent to an activating group) is 1. The minimum Gasteiger partial charge on any atom is -0.358 e. The number of hydrogen-bond donors (Lipinski definition) is 1. The van der Waals surface area contributed by atoms with Gasteiger partial charge in [-0.3, -0.25) is 14.5 Å². The molecular weight excluding hydrogens is 326 g/mol. The van der Waals surface area contributed by atoms with Crippen molar-refractivity contribution in [1.82, 2.24) is 15.1 Å². The summed E-state index contributed by atoms with van der Waals surface area (Å²) < 4.78 is 0. The van der Waals surface area contributed by atoms with Crippen molar-refractivity contribution < 1.29 is 9.59 Å². The van der Waals surface area contributed by atoms with Gasteiger partial charge in [0.2, 0.25) is 11.8 Å². The minimum atomic E-state index is -0.288. The molecular formula is C21H31N3O2. The molecule has 2 aliphatic heterocycles. The van der Waals surface area contributed by atoms with Crippen LogP contribution in [0.1, 0.15) is 50.2 Å². The quantitative estimate of drug-likeness (QED) is 0.880. The smallest absolute Gasteiger partial charge is 0.233 e. The molecule has 2 aliphatic rings. The number of amides is 2. The van der Waals surface area contributed by atoms with E-state index in [4.69, 9.17) is 0 Å². The van der Waals surface area contributed by atoms with Gasteiger partial charge in [0.15, 0.2) is 0 Å². The topological polar surface area (TPSA) is 52.7 Å². The molecule has 0 saturated carbocycles. The molecule has 5 nitrogen and oxygen atoms in total. The Bertz CT molecular complexity index is 656. The van der Waals surface area contributed by atoms with Crippen LogP contribution in [0.4, 0.5) is 0 Å². The second-order valence-electron chi connectivity index (χ2n) is 8.14. The molecule has 1 aromatic rings. The number of nitrogens with one attached hydrogen (secondary N) is 1. The third-order valence-electron chi connectivity index (χ3n) is 5.92. The first-order valence-corrected chi connectivity index (χ1v) is 9.75. The van der Waals surface area contributed by atoms with E-state index in [2.05, 4.69) is 48.3 Å². The Hall–Kier alpha value is -1.88. The van der Waals surface area contributed by atoms with E-state index < -0.39 is 0 Å². The van der Waals surface area contributed by atoms with E-state index in [-0.39, 0.29) is 17.2 Å². The average Bonchev–Trinajstić information content (AvgIpc) is 3.03. The van der Waals surface area contributed by atoms with Gasteiger partial charge in [0.1, 0.15) is 0 Å². The number of likely N-dealkylation sites (tertiary alicyclic amines) is 2. The predicted octanol–water partition coefficient (Wildman–Crippen LogP) is 2.37. The van der Waals surface area contributed by atoms with Crippen LogP contribution in [0.25, 0.3) is 0 Å². The van der Waals surface area contributed by atoms with Gasteiger partial charge >= 0.3 is 0 Å². The molecule has 2 fully saturated rings. The summed E-state index contributed by atoms with van der Waals surface area (Å²) in [6.45, 7) is 7.84. The molecule has 1 unspecified atom stereocenters. The molecule has 1 aromatic carbocycles. The Balaban J connectivity index is 1.65. The van der Waals surface area contributed by atoms with Crippen LogP contribution >= 0.6 is 0 Å². The lowest BCUT2D eigenvalue weighted by atomic mass is 9.78. The molecule has 2 saturated heterocycles. The molecule has 0 bridgehead atoms. The van der Waals surface area contributed by atoms with Gasteiger partial charge in [-0.25, -0.2) is 0 Å². The monoisotopic (exact) mass is 357 g/mol. The first kappa shape index (κ1) is 18.9. The highest BCUT2D eigenvalue weighted by Crippen LogP contribution is 2.40. The predicted molar refractivity (Wildman–Crippen MR) is 103 cm³/mol. The highest BCUT2D eigenvalue weighted by molar-refractivity contribution is 5.84. The Labute approximate surface area is 156 Å². The summed E-state index contributed by atoms with van der Waals surface area (Å²) in [4.78, 5) is 29.0. The van der Waals surface area contributed by atoms with Crippen LogP contribution in [0.3, 0.4) is 0 Å². The number of carbonyl (C=O) groups excluding carboxylic acids is 2. The lowest BCUT2D eigenvalue weighted by Gasteiger charge is -2.39. The van der Waals surface area contributed by atoms with Gasteiger partial charge in [-0.2, -0.15) is 0 Å². The van der Waals surface area contributed by atoms with E-state index in [1.165, 1.54) is 11.1 Å². The van der Waals surface area contributed by atoms with Gasteiger partial charge in [-0.1, -0.05) is 38.1 Å². The maximum absolute atomic E-state index is 13.2. The molecule has 0 radical (unpaired) electrons. The Morgan fingerprint density at radius 3 is 2.58 bits per heavy atom. The van der Waals surface area contributed by atoms with E-state index >= 15 is 0 Å². The summed E-state index contributed by atoms with van der Waals surface area (Å²) in [6.07, 6.45) is 2.86. The molecule has 3 rings (SSSR count). The average molecular weight is 357 g/mol. The molecule has 2 heterocycles. The second-order valence-corrected chi connectivity index (χ2v) is 8.14. The fraction of sp³-hybridized carbons (Fsp3) is 0.619. The molecule has 5 heteroatoms. The van der Waals surface area contributed by atoms with E-state index in [0.29, 0.717) is 25.6 Å². The van der Waals surface area contributed by atoms with Crippen LogP contribution in [-0.2, 0) is 16.1 Å². The van der Waals surface area contributed by atoms with Gasteiger partial charge in [0.05, 0.1) is 12.0 Å². The zero-order chi connectivity index (χ0) is 18.7. The van der Waals surface area contributed by atoms with Gasteiger partial charge in [0.25, 0.3) is 0 Å². The number of hydrogen-bond acceptors (Lipinski definition) is 3. The maximum Gasteiger partial charge on any atom is 0.233 e. The maximum atomic E-state index is 13.2. The van der Waals surface area contributed by atoms with Crippen molar-refractivity contribution in [3.05, 3.63) is 35.4 Å². The minimum absolute atomic E-state index is 0.0207. The van der Waals surface area contributed by atoms with Crippen LogP contribution in [-0.4, -0.2) is 54.8 Å². The number of benzene rings is 1. The lowest BCUT2D eigenvalue weighted by Crippen LogP contribution is -2.50. The van der Waals surface area contributed by atoms with Crippen LogP contribution < -0.4 is 5.32 Å². The van der Waals surface area contributed by atoms with Crippen molar-refractivity contribution in [3.63, 3.8) is 0 Å². The highest BCUT2D eigenvalue weighted by Gasteiger charge is 2.48. The molecule has 0 aliphatic carbocycles. The largest absolute Gasteiger partial charge is 0.358 e. The Kier molecular flexibility index (Phi) is 5.66. The van der Waals surface area contributed by atoms with Crippen molar-refractivity contribution in [1.29, 1.82) is 0 Å². The summed E-state index contributed by atoms with van der Waals surface area (Å²) in [5, 5.41) is 2.67. The molecule has 1 atom stereocenters. The first-order chi connectivity index (χ1) is 12.4. The molecule has 1 N–H and O–H groups in total. The molecule has 0 aromatic heterocycles.